The number of nitrogens with zero attached hydrogens (tertiary/aromatic N) is 1. The van der Waals surface area contributed by atoms with E-state index in [0.29, 0.717) is 5.25 Å². The maximum atomic E-state index is 4.73. The minimum absolute atomic E-state index is 0.686. The van der Waals surface area contributed by atoms with Gasteiger partial charge in [0.1, 0.15) is 5.03 Å². The highest BCUT2D eigenvalue weighted by atomic mass is 32.2. The molecule has 1 aliphatic heterocycles. The van der Waals surface area contributed by atoms with Crippen molar-refractivity contribution in [2.45, 2.75) is 30.5 Å². The molecule has 0 saturated carbocycles. The minimum Gasteiger partial charge on any atom is -0.241 e. The zero-order valence-electron chi connectivity index (χ0n) is 8.95. The van der Waals surface area contributed by atoms with Crippen molar-refractivity contribution >= 4 is 22.7 Å². The summed E-state index contributed by atoms with van der Waals surface area (Å²) in [5.41, 5.74) is 3.84. The van der Waals surface area contributed by atoms with Gasteiger partial charge in [-0.3, -0.25) is 0 Å². The fourth-order valence-corrected chi connectivity index (χ4v) is 3.18. The smallest absolute Gasteiger partial charge is 0.100 e. The Kier molecular flexibility index (Phi) is 1.99. The topological polar surface area (TPSA) is 12.9 Å². The maximum Gasteiger partial charge on any atom is 0.100 e. The second kappa shape index (κ2) is 3.24. The van der Waals surface area contributed by atoms with Gasteiger partial charge in [-0.2, -0.15) is 0 Å². The van der Waals surface area contributed by atoms with Crippen LogP contribution in [0.3, 0.4) is 0 Å². The van der Waals surface area contributed by atoms with Crippen LogP contribution in [0.4, 0.5) is 0 Å². The Morgan fingerprint density at radius 3 is 3.07 bits per heavy atom. The molecule has 2 heterocycles. The first kappa shape index (κ1) is 9.22. The molecule has 2 heteroatoms. The molecule has 1 aromatic heterocycles. The van der Waals surface area contributed by atoms with Crippen LogP contribution in [0.2, 0.25) is 0 Å². The summed E-state index contributed by atoms with van der Waals surface area (Å²) in [6.07, 6.45) is 1.16. The summed E-state index contributed by atoms with van der Waals surface area (Å²) in [6, 6.07) is 8.79. The lowest BCUT2D eigenvalue weighted by Crippen LogP contribution is -1.91. The minimum atomic E-state index is 0.686. The van der Waals surface area contributed by atoms with Crippen molar-refractivity contribution in [3.05, 3.63) is 35.4 Å². The molecule has 15 heavy (non-hydrogen) atoms. The predicted octanol–water partition coefficient (Wildman–Crippen LogP) is 3.58. The van der Waals surface area contributed by atoms with Gasteiger partial charge in [-0.05, 0) is 36.6 Å². The number of pyridine rings is 1. The number of hydrogen-bond donors (Lipinski definition) is 0. The third kappa shape index (κ3) is 1.53. The molecule has 0 radical (unpaired) electrons. The van der Waals surface area contributed by atoms with Gasteiger partial charge in [0.15, 0.2) is 0 Å². The van der Waals surface area contributed by atoms with Crippen LogP contribution in [-0.2, 0) is 6.42 Å². The largest absolute Gasteiger partial charge is 0.241 e. The van der Waals surface area contributed by atoms with Gasteiger partial charge in [-0.25, -0.2) is 4.98 Å². The van der Waals surface area contributed by atoms with Gasteiger partial charge < -0.3 is 0 Å². The summed E-state index contributed by atoms with van der Waals surface area (Å²) in [5.74, 6) is 0. The van der Waals surface area contributed by atoms with Gasteiger partial charge in [0.05, 0.1) is 5.52 Å². The molecule has 0 fully saturated rings. The van der Waals surface area contributed by atoms with E-state index in [1.54, 1.807) is 0 Å². The number of benzene rings is 1. The van der Waals surface area contributed by atoms with Crippen LogP contribution in [0.5, 0.6) is 0 Å². The predicted molar refractivity (Wildman–Crippen MR) is 65.5 cm³/mol. The zero-order chi connectivity index (χ0) is 10.4. The second-order valence-corrected chi connectivity index (χ2v) is 5.71. The summed E-state index contributed by atoms with van der Waals surface area (Å²) in [7, 11) is 0. The number of thioether (sulfide) groups is 1. The van der Waals surface area contributed by atoms with Crippen molar-refractivity contribution in [2.24, 2.45) is 0 Å². The highest BCUT2D eigenvalue weighted by molar-refractivity contribution is 8.00. The molecular weight excluding hydrogens is 202 g/mol. The van der Waals surface area contributed by atoms with Crippen molar-refractivity contribution in [2.75, 3.05) is 0 Å². The van der Waals surface area contributed by atoms with Crippen molar-refractivity contribution in [1.82, 2.24) is 4.98 Å². The number of aromatic nitrogens is 1. The fourth-order valence-electron chi connectivity index (χ4n) is 2.09. The molecule has 0 aliphatic carbocycles. The number of rotatable bonds is 0. The SMILES string of the molecule is Cc1ccc2cc3c(nc2c1)SC(C)C3. The number of fused-ring (bicyclic) bond motifs is 2. The molecule has 0 amide bonds. The Morgan fingerprint density at radius 2 is 2.20 bits per heavy atom. The highest BCUT2D eigenvalue weighted by Gasteiger charge is 2.20. The van der Waals surface area contributed by atoms with Crippen molar-refractivity contribution in [1.29, 1.82) is 0 Å². The Morgan fingerprint density at radius 1 is 1.33 bits per heavy atom. The van der Waals surface area contributed by atoms with E-state index in [-0.39, 0.29) is 0 Å². The van der Waals surface area contributed by atoms with E-state index in [2.05, 4.69) is 38.1 Å². The van der Waals surface area contributed by atoms with E-state index in [1.165, 1.54) is 21.5 Å². The van der Waals surface area contributed by atoms with Crippen LogP contribution in [0.25, 0.3) is 10.9 Å². The normalized spacial score (nSPS) is 19.5. The van der Waals surface area contributed by atoms with Gasteiger partial charge in [0, 0.05) is 10.6 Å². The van der Waals surface area contributed by atoms with E-state index in [1.807, 2.05) is 11.8 Å². The van der Waals surface area contributed by atoms with Gasteiger partial charge >= 0.3 is 0 Å². The molecular formula is C13H13NS. The molecule has 0 spiro atoms. The lowest BCUT2D eigenvalue weighted by molar-refractivity contribution is 0.950. The molecule has 0 N–H and O–H groups in total. The molecule has 3 rings (SSSR count). The summed E-state index contributed by atoms with van der Waals surface area (Å²) in [6.45, 7) is 4.38. The van der Waals surface area contributed by atoms with Crippen LogP contribution in [0.15, 0.2) is 29.3 Å². The monoisotopic (exact) mass is 215 g/mol. The van der Waals surface area contributed by atoms with Crippen LogP contribution in [-0.4, -0.2) is 10.2 Å². The first-order valence-electron chi connectivity index (χ1n) is 5.29. The Bertz CT molecular complexity index is 533. The van der Waals surface area contributed by atoms with Crippen molar-refractivity contribution in [3.8, 4) is 0 Å². The maximum absolute atomic E-state index is 4.73. The zero-order valence-corrected chi connectivity index (χ0v) is 9.77. The Hall–Kier alpha value is -1.02. The van der Waals surface area contributed by atoms with Gasteiger partial charge in [-0.1, -0.05) is 19.1 Å². The average molecular weight is 215 g/mol. The lowest BCUT2D eigenvalue weighted by Gasteiger charge is -2.02. The van der Waals surface area contributed by atoms with Crippen molar-refractivity contribution < 1.29 is 0 Å². The Labute approximate surface area is 93.9 Å². The summed E-state index contributed by atoms with van der Waals surface area (Å²) >= 11 is 1.90. The molecule has 76 valence electrons. The molecule has 1 aromatic carbocycles. The van der Waals surface area contributed by atoms with E-state index < -0.39 is 0 Å². The third-order valence-corrected chi connectivity index (χ3v) is 3.98. The van der Waals surface area contributed by atoms with E-state index in [0.717, 1.165) is 11.9 Å². The lowest BCUT2D eigenvalue weighted by atomic mass is 10.1. The van der Waals surface area contributed by atoms with E-state index in [4.69, 9.17) is 4.98 Å². The molecule has 0 bridgehead atoms. The second-order valence-electron chi connectivity index (χ2n) is 4.28. The summed E-state index contributed by atoms with van der Waals surface area (Å²) < 4.78 is 0. The van der Waals surface area contributed by atoms with Crippen LogP contribution < -0.4 is 0 Å². The van der Waals surface area contributed by atoms with Gasteiger partial charge in [-0.15, -0.1) is 11.8 Å². The van der Waals surface area contributed by atoms with Crippen molar-refractivity contribution in [3.63, 3.8) is 0 Å². The molecule has 1 atom stereocenters. The van der Waals surface area contributed by atoms with Crippen LogP contribution in [0, 0.1) is 6.92 Å². The van der Waals surface area contributed by atoms with Crippen LogP contribution in [0.1, 0.15) is 18.1 Å². The highest BCUT2D eigenvalue weighted by Crippen LogP contribution is 2.36. The molecule has 1 unspecified atom stereocenters. The fraction of sp³-hybridized carbons (Fsp3) is 0.308. The third-order valence-electron chi connectivity index (χ3n) is 2.83. The Balaban J connectivity index is 2.25. The van der Waals surface area contributed by atoms with Crippen LogP contribution >= 0.6 is 11.8 Å². The van der Waals surface area contributed by atoms with Gasteiger partial charge in [0.2, 0.25) is 0 Å². The first-order chi connectivity index (χ1) is 7.22. The molecule has 2 aromatic rings. The molecule has 1 aliphatic rings. The molecule has 0 saturated heterocycles. The van der Waals surface area contributed by atoms with E-state index in [9.17, 15) is 0 Å². The number of hydrogen-bond acceptors (Lipinski definition) is 2. The molecule has 1 nitrogen and oxygen atoms in total. The quantitative estimate of drug-likeness (QED) is 0.666. The van der Waals surface area contributed by atoms with Gasteiger partial charge in [0.25, 0.3) is 0 Å². The standard InChI is InChI=1S/C13H13NS/c1-8-3-4-10-7-11-6-9(2)15-13(11)14-12(10)5-8/h3-5,7,9H,6H2,1-2H3. The van der Waals surface area contributed by atoms with E-state index >= 15 is 0 Å². The average Bonchev–Trinajstić information content (AvgIpc) is 2.53. The summed E-state index contributed by atoms with van der Waals surface area (Å²) in [4.78, 5) is 4.73. The summed E-state index contributed by atoms with van der Waals surface area (Å²) in [5, 5.41) is 3.19. The number of aryl methyl sites for hydroxylation is 1. The first-order valence-corrected chi connectivity index (χ1v) is 6.17.